The summed E-state index contributed by atoms with van der Waals surface area (Å²) in [5.74, 6) is -2.17. The van der Waals surface area contributed by atoms with Crippen molar-refractivity contribution < 1.29 is 18.0 Å². The van der Waals surface area contributed by atoms with Crippen LogP contribution in [0.25, 0.3) is 27.8 Å². The molecule has 1 aliphatic rings. The van der Waals surface area contributed by atoms with Crippen molar-refractivity contribution in [2.75, 3.05) is 5.32 Å². The smallest absolute Gasteiger partial charge is 0.231 e. The molecule has 7 nitrogen and oxygen atoms in total. The molecule has 1 amide bonds. The lowest BCUT2D eigenvalue weighted by Gasteiger charge is -2.17. The second-order valence-corrected chi connectivity index (χ2v) is 8.61. The number of benzene rings is 1. The Balaban J connectivity index is 1.58. The highest BCUT2D eigenvalue weighted by Crippen LogP contribution is 2.42. The molecule has 5 rings (SSSR count). The quantitative estimate of drug-likeness (QED) is 0.435. The van der Waals surface area contributed by atoms with E-state index in [0.717, 1.165) is 0 Å². The number of hydrogen-bond acceptors (Lipinski definition) is 4. The van der Waals surface area contributed by atoms with E-state index in [4.69, 9.17) is 11.6 Å². The Morgan fingerprint density at radius 1 is 1.34 bits per heavy atom. The summed E-state index contributed by atoms with van der Waals surface area (Å²) in [6.45, 7) is 3.30. The largest absolute Gasteiger partial charge is 0.309 e. The van der Waals surface area contributed by atoms with E-state index < -0.39 is 35.9 Å². The van der Waals surface area contributed by atoms with Crippen LogP contribution in [0, 0.1) is 17.7 Å². The number of nitrogens with zero attached hydrogens (tertiary/aromatic N) is 4. The van der Waals surface area contributed by atoms with E-state index in [1.807, 2.05) is 0 Å². The monoisotopic (exact) mass is 462 g/mol. The standard InChI is InChI=1S/C21H18ClF3N6O/c1-8(2)18(24)16-19(25)17(22)15(10-4-27-30-20(10)16)12-6-31-7-13(28-14(31)5-26-12)29-21(32)9-3-11(9)23/h4-9,11,18H,3H2,1-2H3,(H,27,30)(H,29,32)/t9-,11+,18?/m1/s1. The number of hydrogen-bond donors (Lipinski definition) is 2. The van der Waals surface area contributed by atoms with Gasteiger partial charge in [0.15, 0.2) is 17.3 Å². The van der Waals surface area contributed by atoms with Gasteiger partial charge in [-0.05, 0) is 12.3 Å². The Bertz CT molecular complexity index is 1370. The normalized spacial score (nSPS) is 19.1. The molecule has 0 spiro atoms. The minimum atomic E-state index is -1.57. The predicted octanol–water partition coefficient (Wildman–Crippen LogP) is 5.03. The fraction of sp³-hybridized carbons (Fsp3) is 0.333. The van der Waals surface area contributed by atoms with Crippen LogP contribution in [0.5, 0.6) is 0 Å². The number of aromatic amines is 1. The van der Waals surface area contributed by atoms with Crippen LogP contribution in [0.2, 0.25) is 5.02 Å². The van der Waals surface area contributed by atoms with Gasteiger partial charge in [-0.2, -0.15) is 5.10 Å². The third kappa shape index (κ3) is 3.29. The van der Waals surface area contributed by atoms with Crippen molar-refractivity contribution in [2.24, 2.45) is 11.8 Å². The highest BCUT2D eigenvalue weighted by Gasteiger charge is 2.43. The Morgan fingerprint density at radius 2 is 2.09 bits per heavy atom. The van der Waals surface area contributed by atoms with Crippen molar-refractivity contribution in [3.8, 4) is 11.3 Å². The zero-order valence-corrected chi connectivity index (χ0v) is 17.8. The minimum absolute atomic E-state index is 0.166. The Morgan fingerprint density at radius 3 is 2.78 bits per heavy atom. The van der Waals surface area contributed by atoms with Crippen LogP contribution in [-0.2, 0) is 4.79 Å². The molecule has 166 valence electrons. The molecule has 4 aromatic rings. The Labute approximate surface area is 185 Å². The van der Waals surface area contributed by atoms with E-state index in [1.54, 1.807) is 24.4 Å². The van der Waals surface area contributed by atoms with Crippen LogP contribution in [-0.4, -0.2) is 36.6 Å². The number of fused-ring (bicyclic) bond motifs is 2. The van der Waals surface area contributed by atoms with Crippen LogP contribution < -0.4 is 5.32 Å². The number of amides is 1. The fourth-order valence-electron chi connectivity index (χ4n) is 3.72. The number of alkyl halides is 2. The van der Waals surface area contributed by atoms with Gasteiger partial charge in [-0.15, -0.1) is 0 Å². The van der Waals surface area contributed by atoms with E-state index in [9.17, 15) is 13.6 Å². The van der Waals surface area contributed by atoms with Gasteiger partial charge in [-0.3, -0.25) is 14.9 Å². The second kappa shape index (κ2) is 7.47. The molecule has 3 heterocycles. The van der Waals surface area contributed by atoms with Gasteiger partial charge >= 0.3 is 0 Å². The first-order valence-electron chi connectivity index (χ1n) is 10.0. The lowest BCUT2D eigenvalue weighted by molar-refractivity contribution is -0.117. The van der Waals surface area contributed by atoms with Crippen LogP contribution >= 0.6 is 11.6 Å². The van der Waals surface area contributed by atoms with Gasteiger partial charge in [0.05, 0.1) is 40.7 Å². The Kier molecular flexibility index (Phi) is 4.85. The third-order valence-electron chi connectivity index (χ3n) is 5.59. The van der Waals surface area contributed by atoms with Gasteiger partial charge in [0.25, 0.3) is 0 Å². The molecule has 3 aromatic heterocycles. The van der Waals surface area contributed by atoms with Crippen LogP contribution in [0.4, 0.5) is 19.0 Å². The minimum Gasteiger partial charge on any atom is -0.309 e. The van der Waals surface area contributed by atoms with Gasteiger partial charge in [-0.1, -0.05) is 25.4 Å². The molecule has 1 saturated carbocycles. The first kappa shape index (κ1) is 20.7. The highest BCUT2D eigenvalue weighted by molar-refractivity contribution is 6.35. The van der Waals surface area contributed by atoms with Crippen molar-refractivity contribution in [1.82, 2.24) is 24.6 Å². The summed E-state index contributed by atoms with van der Waals surface area (Å²) in [6, 6.07) is 0. The maximum Gasteiger partial charge on any atom is 0.231 e. The fourth-order valence-corrected chi connectivity index (χ4v) is 4.02. The van der Waals surface area contributed by atoms with Gasteiger partial charge in [0.1, 0.15) is 12.3 Å². The third-order valence-corrected chi connectivity index (χ3v) is 5.94. The number of aromatic nitrogens is 5. The van der Waals surface area contributed by atoms with E-state index >= 15 is 4.39 Å². The molecule has 2 N–H and O–H groups in total. The highest BCUT2D eigenvalue weighted by atomic mass is 35.5. The molecule has 0 radical (unpaired) electrons. The van der Waals surface area contributed by atoms with E-state index in [0.29, 0.717) is 16.7 Å². The number of H-pyrrole nitrogens is 1. The lowest BCUT2D eigenvalue weighted by Crippen LogP contribution is -2.15. The topological polar surface area (TPSA) is 88.0 Å². The van der Waals surface area contributed by atoms with E-state index in [2.05, 4.69) is 25.5 Å². The van der Waals surface area contributed by atoms with Crippen LogP contribution in [0.1, 0.15) is 32.0 Å². The number of imidazole rings is 1. The molecule has 1 unspecified atom stereocenters. The maximum atomic E-state index is 15.2. The lowest BCUT2D eigenvalue weighted by atomic mass is 9.95. The van der Waals surface area contributed by atoms with E-state index in [1.165, 1.54) is 18.6 Å². The van der Waals surface area contributed by atoms with Crippen molar-refractivity contribution in [3.05, 3.63) is 41.2 Å². The summed E-state index contributed by atoms with van der Waals surface area (Å²) < 4.78 is 44.7. The Hall–Kier alpha value is -3.14. The number of anilines is 1. The number of rotatable bonds is 5. The SMILES string of the molecule is CC(C)C(F)c1c(F)c(Cl)c(-c2cn3cc(NC(=O)[C@@H]4C[C@@H]4F)nc3cn2)c2cn[nH]c12. The molecule has 11 heteroatoms. The van der Waals surface area contributed by atoms with Crippen molar-refractivity contribution in [1.29, 1.82) is 0 Å². The summed E-state index contributed by atoms with van der Waals surface area (Å²) in [4.78, 5) is 20.5. The average molecular weight is 463 g/mol. The molecular weight excluding hydrogens is 445 g/mol. The molecule has 32 heavy (non-hydrogen) atoms. The first-order chi connectivity index (χ1) is 15.3. The second-order valence-electron chi connectivity index (χ2n) is 8.23. The number of carbonyl (C=O) groups is 1. The number of carbonyl (C=O) groups excluding carboxylic acids is 1. The first-order valence-corrected chi connectivity index (χ1v) is 10.4. The summed E-state index contributed by atoms with van der Waals surface area (Å²) in [5.41, 5.74) is 1.03. The summed E-state index contributed by atoms with van der Waals surface area (Å²) >= 11 is 6.36. The van der Waals surface area contributed by atoms with Crippen molar-refractivity contribution in [2.45, 2.75) is 32.6 Å². The number of halogens is 4. The van der Waals surface area contributed by atoms with E-state index in [-0.39, 0.29) is 33.9 Å². The number of nitrogens with one attached hydrogen (secondary N) is 2. The molecule has 1 aliphatic carbocycles. The molecule has 1 aromatic carbocycles. The average Bonchev–Trinajstić information content (AvgIpc) is 3.11. The zero-order valence-electron chi connectivity index (χ0n) is 17.0. The molecule has 0 aliphatic heterocycles. The van der Waals surface area contributed by atoms with Crippen LogP contribution in [0.15, 0.2) is 24.8 Å². The summed E-state index contributed by atoms with van der Waals surface area (Å²) in [6.07, 6.45) is 3.50. The van der Waals surface area contributed by atoms with Gasteiger partial charge in [-0.25, -0.2) is 18.2 Å². The molecule has 3 atom stereocenters. The molecule has 0 bridgehead atoms. The molecule has 1 fully saturated rings. The zero-order chi connectivity index (χ0) is 22.7. The van der Waals surface area contributed by atoms with Crippen molar-refractivity contribution in [3.63, 3.8) is 0 Å². The summed E-state index contributed by atoms with van der Waals surface area (Å²) in [7, 11) is 0. The van der Waals surface area contributed by atoms with Crippen molar-refractivity contribution >= 4 is 39.9 Å². The molecule has 0 saturated heterocycles. The maximum absolute atomic E-state index is 15.2. The van der Waals surface area contributed by atoms with Crippen LogP contribution in [0.3, 0.4) is 0 Å². The van der Waals surface area contributed by atoms with Gasteiger partial charge in [0.2, 0.25) is 5.91 Å². The van der Waals surface area contributed by atoms with Gasteiger partial charge < -0.3 is 9.72 Å². The molecular formula is C21H18ClF3N6O. The summed E-state index contributed by atoms with van der Waals surface area (Å²) in [5, 5.41) is 9.37. The van der Waals surface area contributed by atoms with Gasteiger partial charge in [0, 0.05) is 22.7 Å². The predicted molar refractivity (Wildman–Crippen MR) is 113 cm³/mol.